The van der Waals surface area contributed by atoms with E-state index in [-0.39, 0.29) is 5.56 Å². The van der Waals surface area contributed by atoms with Gasteiger partial charge in [0.2, 0.25) is 0 Å². The SMILES string of the molecule is Cc1ccc(C)c(Oc2c(F)cc(C=O)cc2F)c1C. The third-order valence-electron chi connectivity index (χ3n) is 3.23. The van der Waals surface area contributed by atoms with Crippen LogP contribution in [0.1, 0.15) is 27.0 Å². The molecule has 0 aliphatic rings. The minimum atomic E-state index is -0.896. The highest BCUT2D eigenvalue weighted by Gasteiger charge is 2.16. The number of aldehydes is 1. The van der Waals surface area contributed by atoms with E-state index >= 15 is 0 Å². The predicted octanol–water partition coefficient (Wildman–Crippen LogP) is 4.49. The zero-order valence-electron chi connectivity index (χ0n) is 11.5. The number of hydrogen-bond acceptors (Lipinski definition) is 2. The fraction of sp³-hybridized carbons (Fsp3) is 0.188. The number of carbonyl (C=O) groups is 1. The van der Waals surface area contributed by atoms with Crippen LogP contribution in [-0.2, 0) is 0 Å². The maximum absolute atomic E-state index is 13.8. The van der Waals surface area contributed by atoms with Crippen LogP contribution in [0.5, 0.6) is 11.5 Å². The smallest absolute Gasteiger partial charge is 0.198 e. The molecule has 0 atom stereocenters. The first-order valence-electron chi connectivity index (χ1n) is 6.13. The highest BCUT2D eigenvalue weighted by atomic mass is 19.1. The van der Waals surface area contributed by atoms with Gasteiger partial charge in [0, 0.05) is 5.56 Å². The van der Waals surface area contributed by atoms with Crippen molar-refractivity contribution in [2.24, 2.45) is 0 Å². The van der Waals surface area contributed by atoms with E-state index < -0.39 is 17.4 Å². The Morgan fingerprint density at radius 3 is 2.05 bits per heavy atom. The molecule has 0 heterocycles. The molecule has 0 aliphatic heterocycles. The monoisotopic (exact) mass is 276 g/mol. The molecule has 0 aromatic heterocycles. The molecule has 0 saturated carbocycles. The van der Waals surface area contributed by atoms with Gasteiger partial charge in [-0.3, -0.25) is 4.79 Å². The average Bonchev–Trinajstić information content (AvgIpc) is 2.41. The molecule has 4 heteroatoms. The largest absolute Gasteiger partial charge is 0.451 e. The molecule has 2 aromatic carbocycles. The number of benzene rings is 2. The fourth-order valence-corrected chi connectivity index (χ4v) is 1.93. The van der Waals surface area contributed by atoms with Gasteiger partial charge in [-0.1, -0.05) is 12.1 Å². The van der Waals surface area contributed by atoms with Crippen LogP contribution in [0, 0.1) is 32.4 Å². The van der Waals surface area contributed by atoms with Crippen LogP contribution < -0.4 is 4.74 Å². The van der Waals surface area contributed by atoms with Crippen molar-refractivity contribution < 1.29 is 18.3 Å². The Hall–Kier alpha value is -2.23. The number of carbonyl (C=O) groups excluding carboxylic acids is 1. The Morgan fingerprint density at radius 1 is 0.950 bits per heavy atom. The van der Waals surface area contributed by atoms with Crippen LogP contribution in [0.2, 0.25) is 0 Å². The van der Waals surface area contributed by atoms with Crippen molar-refractivity contribution in [1.82, 2.24) is 0 Å². The molecule has 0 N–H and O–H groups in total. The quantitative estimate of drug-likeness (QED) is 0.772. The minimum absolute atomic E-state index is 0.0648. The average molecular weight is 276 g/mol. The van der Waals surface area contributed by atoms with E-state index in [2.05, 4.69) is 0 Å². The number of aryl methyl sites for hydroxylation is 2. The molecule has 0 spiro atoms. The van der Waals surface area contributed by atoms with Gasteiger partial charge in [0.15, 0.2) is 17.4 Å². The van der Waals surface area contributed by atoms with Crippen LogP contribution in [0.15, 0.2) is 24.3 Å². The van der Waals surface area contributed by atoms with Crippen LogP contribution in [0.3, 0.4) is 0 Å². The molecule has 104 valence electrons. The molecular formula is C16H14F2O2. The summed E-state index contributed by atoms with van der Waals surface area (Å²) in [6.07, 6.45) is 0.388. The molecule has 0 radical (unpaired) electrons. The molecule has 20 heavy (non-hydrogen) atoms. The van der Waals surface area contributed by atoms with E-state index in [1.165, 1.54) is 0 Å². The van der Waals surface area contributed by atoms with E-state index in [4.69, 9.17) is 4.74 Å². The molecule has 2 aromatic rings. The number of halogens is 2. The molecule has 2 rings (SSSR count). The van der Waals surface area contributed by atoms with Gasteiger partial charge in [-0.15, -0.1) is 0 Å². The summed E-state index contributed by atoms with van der Waals surface area (Å²) in [5.41, 5.74) is 2.51. The first kappa shape index (κ1) is 14.2. The second-order valence-electron chi connectivity index (χ2n) is 4.69. The summed E-state index contributed by atoms with van der Waals surface area (Å²) in [6.45, 7) is 5.52. The van der Waals surface area contributed by atoms with E-state index in [0.29, 0.717) is 12.0 Å². The van der Waals surface area contributed by atoms with Crippen LogP contribution in [-0.4, -0.2) is 6.29 Å². The van der Waals surface area contributed by atoms with Crippen molar-refractivity contribution in [3.05, 3.63) is 58.2 Å². The van der Waals surface area contributed by atoms with Gasteiger partial charge in [-0.05, 0) is 49.6 Å². The summed E-state index contributed by atoms with van der Waals surface area (Å²) in [6, 6.07) is 5.64. The maximum atomic E-state index is 13.8. The van der Waals surface area contributed by atoms with E-state index in [0.717, 1.165) is 28.8 Å². The number of ether oxygens (including phenoxy) is 1. The molecule has 2 nitrogen and oxygen atoms in total. The minimum Gasteiger partial charge on any atom is -0.451 e. The third-order valence-corrected chi connectivity index (χ3v) is 3.23. The van der Waals surface area contributed by atoms with Crippen LogP contribution >= 0.6 is 0 Å². The summed E-state index contributed by atoms with van der Waals surface area (Å²) >= 11 is 0. The highest BCUT2D eigenvalue weighted by molar-refractivity contribution is 5.75. The van der Waals surface area contributed by atoms with Gasteiger partial charge in [-0.25, -0.2) is 8.78 Å². The van der Waals surface area contributed by atoms with Crippen molar-refractivity contribution in [2.45, 2.75) is 20.8 Å². The van der Waals surface area contributed by atoms with Gasteiger partial charge in [-0.2, -0.15) is 0 Å². The summed E-state index contributed by atoms with van der Waals surface area (Å²) < 4.78 is 33.1. The van der Waals surface area contributed by atoms with Crippen molar-refractivity contribution in [3.63, 3.8) is 0 Å². The lowest BCUT2D eigenvalue weighted by atomic mass is 10.1. The normalized spacial score (nSPS) is 10.4. The predicted molar refractivity (Wildman–Crippen MR) is 72.5 cm³/mol. The molecule has 0 aliphatic carbocycles. The van der Waals surface area contributed by atoms with Crippen LogP contribution in [0.4, 0.5) is 8.78 Å². The maximum Gasteiger partial charge on any atom is 0.198 e. The molecule has 0 fully saturated rings. The van der Waals surface area contributed by atoms with Crippen molar-refractivity contribution in [2.75, 3.05) is 0 Å². The van der Waals surface area contributed by atoms with Gasteiger partial charge >= 0.3 is 0 Å². The van der Waals surface area contributed by atoms with Crippen molar-refractivity contribution >= 4 is 6.29 Å². The second-order valence-corrected chi connectivity index (χ2v) is 4.69. The van der Waals surface area contributed by atoms with E-state index in [1.54, 1.807) is 6.92 Å². The Balaban J connectivity index is 2.51. The molecular weight excluding hydrogens is 262 g/mol. The van der Waals surface area contributed by atoms with Crippen LogP contribution in [0.25, 0.3) is 0 Å². The Morgan fingerprint density at radius 2 is 1.50 bits per heavy atom. The third kappa shape index (κ3) is 2.54. The van der Waals surface area contributed by atoms with Gasteiger partial charge in [0.25, 0.3) is 0 Å². The van der Waals surface area contributed by atoms with E-state index in [1.807, 2.05) is 26.0 Å². The van der Waals surface area contributed by atoms with Gasteiger partial charge in [0.05, 0.1) is 0 Å². The topological polar surface area (TPSA) is 26.3 Å². The van der Waals surface area contributed by atoms with Crippen molar-refractivity contribution in [1.29, 1.82) is 0 Å². The van der Waals surface area contributed by atoms with Crippen molar-refractivity contribution in [3.8, 4) is 11.5 Å². The zero-order valence-corrected chi connectivity index (χ0v) is 11.5. The summed E-state index contributed by atoms with van der Waals surface area (Å²) in [4.78, 5) is 10.6. The lowest BCUT2D eigenvalue weighted by Gasteiger charge is -2.14. The fourth-order valence-electron chi connectivity index (χ4n) is 1.93. The standard InChI is InChI=1S/C16H14F2O2/c1-9-4-5-10(2)15(11(9)3)20-16-13(17)6-12(8-19)7-14(16)18/h4-8H,1-3H3. The molecule has 0 bridgehead atoms. The number of rotatable bonds is 3. The number of hydrogen-bond donors (Lipinski definition) is 0. The lowest BCUT2D eigenvalue weighted by Crippen LogP contribution is -1.99. The first-order valence-corrected chi connectivity index (χ1v) is 6.13. The Labute approximate surface area is 116 Å². The van der Waals surface area contributed by atoms with E-state index in [9.17, 15) is 13.6 Å². The Kier molecular flexibility index (Phi) is 3.84. The highest BCUT2D eigenvalue weighted by Crippen LogP contribution is 2.33. The molecule has 0 unspecified atom stereocenters. The summed E-state index contributed by atoms with van der Waals surface area (Å²) in [5, 5.41) is 0. The van der Waals surface area contributed by atoms with Gasteiger partial charge < -0.3 is 4.74 Å². The first-order chi connectivity index (χ1) is 9.43. The van der Waals surface area contributed by atoms with Gasteiger partial charge in [0.1, 0.15) is 12.0 Å². The lowest BCUT2D eigenvalue weighted by molar-refractivity contribution is 0.112. The second kappa shape index (κ2) is 5.41. The Bertz CT molecular complexity index is 655. The zero-order chi connectivity index (χ0) is 14.9. The summed E-state index contributed by atoms with van der Waals surface area (Å²) in [7, 11) is 0. The molecule has 0 amide bonds. The summed E-state index contributed by atoms with van der Waals surface area (Å²) in [5.74, 6) is -1.85. The molecule has 0 saturated heterocycles.